The number of amides is 1. The molecule has 0 aromatic heterocycles. The van der Waals surface area contributed by atoms with Crippen LogP contribution >= 0.6 is 11.8 Å². The van der Waals surface area contributed by atoms with Gasteiger partial charge in [-0.1, -0.05) is 32.9 Å². The number of carbonyl (C=O) groups excluding carboxylic acids is 1. The molecule has 0 saturated carbocycles. The molecule has 4 heteroatoms. The molecular formula is C14H21NO2S. The summed E-state index contributed by atoms with van der Waals surface area (Å²) >= 11 is 1.81. The zero-order valence-electron chi connectivity index (χ0n) is 11.2. The average Bonchev–Trinajstić information content (AvgIpc) is 2.37. The number of aliphatic hydroxyl groups is 1. The number of nitrogens with one attached hydrogen (secondary N) is 1. The highest BCUT2D eigenvalue weighted by Gasteiger charge is 2.21. The van der Waals surface area contributed by atoms with Gasteiger partial charge in [0.2, 0.25) is 5.91 Å². The van der Waals surface area contributed by atoms with Gasteiger partial charge in [0.05, 0.1) is 0 Å². The number of aliphatic hydroxyl groups excluding tert-OH is 1. The van der Waals surface area contributed by atoms with Gasteiger partial charge in [0.15, 0.2) is 0 Å². The second kappa shape index (κ2) is 6.81. The van der Waals surface area contributed by atoms with Crippen molar-refractivity contribution in [3.63, 3.8) is 0 Å². The van der Waals surface area contributed by atoms with E-state index < -0.39 is 6.61 Å². The number of thioether (sulfide) groups is 1. The van der Waals surface area contributed by atoms with Crippen LogP contribution in [-0.4, -0.2) is 29.9 Å². The first kappa shape index (κ1) is 15.1. The van der Waals surface area contributed by atoms with Crippen LogP contribution in [0.2, 0.25) is 0 Å². The molecule has 1 aromatic carbocycles. The van der Waals surface area contributed by atoms with Gasteiger partial charge in [-0.3, -0.25) is 4.79 Å². The lowest BCUT2D eigenvalue weighted by atomic mass is 9.84. The van der Waals surface area contributed by atoms with Gasteiger partial charge in [-0.15, -0.1) is 11.8 Å². The highest BCUT2D eigenvalue weighted by molar-refractivity contribution is 7.99. The van der Waals surface area contributed by atoms with Crippen LogP contribution in [0.1, 0.15) is 26.3 Å². The largest absolute Gasteiger partial charge is 0.387 e. The van der Waals surface area contributed by atoms with Crippen molar-refractivity contribution in [1.29, 1.82) is 0 Å². The van der Waals surface area contributed by atoms with Crippen LogP contribution in [0, 0.1) is 0 Å². The van der Waals surface area contributed by atoms with Crippen molar-refractivity contribution >= 4 is 17.7 Å². The molecule has 0 aliphatic heterocycles. The summed E-state index contributed by atoms with van der Waals surface area (Å²) in [5.41, 5.74) is 1.04. The third kappa shape index (κ3) is 4.35. The Kier molecular flexibility index (Phi) is 5.69. The van der Waals surface area contributed by atoms with E-state index in [4.69, 9.17) is 5.11 Å². The Labute approximate surface area is 113 Å². The van der Waals surface area contributed by atoms with Gasteiger partial charge >= 0.3 is 0 Å². The molecule has 0 fully saturated rings. The van der Waals surface area contributed by atoms with Crippen LogP contribution in [0.5, 0.6) is 0 Å². The first-order valence-corrected chi connectivity index (χ1v) is 7.09. The molecule has 18 heavy (non-hydrogen) atoms. The molecule has 0 aliphatic carbocycles. The fourth-order valence-corrected chi connectivity index (χ4v) is 2.31. The summed E-state index contributed by atoms with van der Waals surface area (Å²) in [4.78, 5) is 12.3. The summed E-state index contributed by atoms with van der Waals surface area (Å²) in [6.45, 7) is 6.35. The highest BCUT2D eigenvalue weighted by Crippen LogP contribution is 2.25. The lowest BCUT2D eigenvalue weighted by Crippen LogP contribution is -2.37. The first-order valence-electron chi connectivity index (χ1n) is 6.10. The molecule has 0 bridgehead atoms. The van der Waals surface area contributed by atoms with Crippen molar-refractivity contribution < 1.29 is 9.90 Å². The topological polar surface area (TPSA) is 49.3 Å². The van der Waals surface area contributed by atoms with E-state index in [9.17, 15) is 4.79 Å². The molecule has 1 rings (SSSR count). The van der Waals surface area contributed by atoms with E-state index >= 15 is 0 Å². The van der Waals surface area contributed by atoms with Crippen LogP contribution in [0.15, 0.2) is 29.2 Å². The van der Waals surface area contributed by atoms with Crippen molar-refractivity contribution in [1.82, 2.24) is 5.32 Å². The van der Waals surface area contributed by atoms with E-state index in [1.54, 1.807) is 0 Å². The molecule has 0 saturated heterocycles. The summed E-state index contributed by atoms with van der Waals surface area (Å²) in [6.07, 6.45) is 0. The van der Waals surface area contributed by atoms with Gasteiger partial charge in [0.25, 0.3) is 0 Å². The van der Waals surface area contributed by atoms with Crippen molar-refractivity contribution in [2.45, 2.75) is 31.1 Å². The normalized spacial score (nSPS) is 11.3. The fraction of sp³-hybridized carbons (Fsp3) is 0.500. The predicted molar refractivity (Wildman–Crippen MR) is 76.0 cm³/mol. The SMILES string of the molecule is CCSc1ccc(C(C)(C)CNC(=O)CO)cc1. The van der Waals surface area contributed by atoms with Gasteiger partial charge < -0.3 is 10.4 Å². The zero-order chi connectivity index (χ0) is 13.6. The van der Waals surface area contributed by atoms with Crippen molar-refractivity contribution in [2.24, 2.45) is 0 Å². The standard InChI is InChI=1S/C14H21NO2S/c1-4-18-12-7-5-11(6-8-12)14(2,3)10-15-13(17)9-16/h5-8,16H,4,9-10H2,1-3H3,(H,15,17). The van der Waals surface area contributed by atoms with Crippen LogP contribution in [0.25, 0.3) is 0 Å². The van der Waals surface area contributed by atoms with E-state index in [-0.39, 0.29) is 11.3 Å². The molecule has 0 heterocycles. The maximum Gasteiger partial charge on any atom is 0.245 e. The van der Waals surface area contributed by atoms with E-state index in [0.717, 1.165) is 5.75 Å². The average molecular weight is 267 g/mol. The van der Waals surface area contributed by atoms with Crippen molar-refractivity contribution in [3.05, 3.63) is 29.8 Å². The van der Waals surface area contributed by atoms with Crippen LogP contribution < -0.4 is 5.32 Å². The molecule has 3 nitrogen and oxygen atoms in total. The van der Waals surface area contributed by atoms with Gasteiger partial charge in [0, 0.05) is 16.9 Å². The minimum Gasteiger partial charge on any atom is -0.387 e. The Balaban J connectivity index is 2.68. The smallest absolute Gasteiger partial charge is 0.245 e. The first-order chi connectivity index (χ1) is 8.49. The summed E-state index contributed by atoms with van der Waals surface area (Å²) in [6, 6.07) is 8.42. The fourth-order valence-electron chi connectivity index (χ4n) is 1.65. The zero-order valence-corrected chi connectivity index (χ0v) is 12.0. The Morgan fingerprint density at radius 1 is 1.33 bits per heavy atom. The summed E-state index contributed by atoms with van der Waals surface area (Å²) < 4.78 is 0. The third-order valence-electron chi connectivity index (χ3n) is 2.82. The summed E-state index contributed by atoms with van der Waals surface area (Å²) in [7, 11) is 0. The Hall–Kier alpha value is -1.00. The molecular weight excluding hydrogens is 246 g/mol. The molecule has 0 aliphatic rings. The molecule has 0 atom stereocenters. The van der Waals surface area contributed by atoms with E-state index in [2.05, 4.69) is 50.4 Å². The third-order valence-corrected chi connectivity index (χ3v) is 3.71. The lowest BCUT2D eigenvalue weighted by molar-refractivity contribution is -0.124. The molecule has 0 unspecified atom stereocenters. The van der Waals surface area contributed by atoms with Crippen LogP contribution in [0.3, 0.4) is 0 Å². The highest BCUT2D eigenvalue weighted by atomic mass is 32.2. The molecule has 100 valence electrons. The second-order valence-corrected chi connectivity index (χ2v) is 6.11. The van der Waals surface area contributed by atoms with Crippen molar-refractivity contribution in [2.75, 3.05) is 18.9 Å². The van der Waals surface area contributed by atoms with Gasteiger partial charge in [-0.25, -0.2) is 0 Å². The summed E-state index contributed by atoms with van der Waals surface area (Å²) in [5.74, 6) is 0.733. The molecule has 1 aromatic rings. The van der Waals surface area contributed by atoms with Crippen LogP contribution in [-0.2, 0) is 10.2 Å². The van der Waals surface area contributed by atoms with Crippen molar-refractivity contribution in [3.8, 4) is 0 Å². The minimum atomic E-state index is -0.456. The Morgan fingerprint density at radius 2 is 1.94 bits per heavy atom. The molecule has 2 N–H and O–H groups in total. The maximum absolute atomic E-state index is 11.1. The molecule has 1 amide bonds. The number of hydrogen-bond acceptors (Lipinski definition) is 3. The number of rotatable bonds is 6. The predicted octanol–water partition coefficient (Wildman–Crippen LogP) is 2.18. The quantitative estimate of drug-likeness (QED) is 0.777. The summed E-state index contributed by atoms with van der Waals surface area (Å²) in [5, 5.41) is 11.4. The van der Waals surface area contributed by atoms with Crippen LogP contribution in [0.4, 0.5) is 0 Å². The molecule has 0 spiro atoms. The Morgan fingerprint density at radius 3 is 2.44 bits per heavy atom. The van der Waals surface area contributed by atoms with E-state index in [1.165, 1.54) is 10.5 Å². The van der Waals surface area contributed by atoms with E-state index in [1.807, 2.05) is 11.8 Å². The monoisotopic (exact) mass is 267 g/mol. The van der Waals surface area contributed by atoms with E-state index in [0.29, 0.717) is 6.54 Å². The second-order valence-electron chi connectivity index (χ2n) is 4.78. The number of carbonyl (C=O) groups is 1. The maximum atomic E-state index is 11.1. The number of benzene rings is 1. The van der Waals surface area contributed by atoms with Gasteiger partial charge in [-0.05, 0) is 23.4 Å². The number of hydrogen-bond donors (Lipinski definition) is 2. The Bertz CT molecular complexity index is 387. The lowest BCUT2D eigenvalue weighted by Gasteiger charge is -2.25. The molecule has 0 radical (unpaired) electrons. The van der Waals surface area contributed by atoms with Gasteiger partial charge in [0.1, 0.15) is 6.61 Å². The van der Waals surface area contributed by atoms with Gasteiger partial charge in [-0.2, -0.15) is 0 Å². The minimum absolute atomic E-state index is 0.139.